The molecule has 0 aromatic heterocycles. The first-order valence-corrected chi connectivity index (χ1v) is 12.1. The van der Waals surface area contributed by atoms with Crippen LogP contribution in [0.1, 0.15) is 49.8 Å². The summed E-state index contributed by atoms with van der Waals surface area (Å²) in [7, 11) is 1.68. The van der Waals surface area contributed by atoms with Crippen LogP contribution < -0.4 is 0 Å². The zero-order chi connectivity index (χ0) is 24.6. The number of unbranched alkanes of at least 4 members (excludes halogenated alkanes) is 2. The molecule has 0 aliphatic rings. The van der Waals surface area contributed by atoms with Gasteiger partial charge in [-0.2, -0.15) is 0 Å². The van der Waals surface area contributed by atoms with Gasteiger partial charge >= 0.3 is 5.97 Å². The smallest absolute Gasteiger partial charge is 0.304 e. The minimum Gasteiger partial charge on any atom is -0.444 e. The third-order valence-corrected chi connectivity index (χ3v) is 5.48. The van der Waals surface area contributed by atoms with Crippen molar-refractivity contribution in [2.75, 3.05) is 13.7 Å². The van der Waals surface area contributed by atoms with Crippen LogP contribution in [0.3, 0.4) is 0 Å². The van der Waals surface area contributed by atoms with Crippen molar-refractivity contribution in [1.82, 2.24) is 0 Å². The second kappa shape index (κ2) is 15.6. The number of ether oxygens (including phenoxy) is 2. The molecule has 34 heavy (non-hydrogen) atoms. The lowest BCUT2D eigenvalue weighted by Crippen LogP contribution is -2.16. The SMILES string of the molecule is COCCCCC#C/C(=C\c1ccccc1CSC(C)=O)C(C#Cc1ccccc1)OC(C)=O. The van der Waals surface area contributed by atoms with Crippen LogP contribution in [0.15, 0.2) is 60.2 Å². The van der Waals surface area contributed by atoms with Crippen molar-refractivity contribution < 1.29 is 19.1 Å². The minimum absolute atomic E-state index is 0.0568. The molecule has 1 atom stereocenters. The summed E-state index contributed by atoms with van der Waals surface area (Å²) in [5, 5.41) is 0.0568. The zero-order valence-electron chi connectivity index (χ0n) is 19.9. The summed E-state index contributed by atoms with van der Waals surface area (Å²) in [4.78, 5) is 23.4. The Hall–Kier alpha value is -3.25. The first kappa shape index (κ1) is 27.0. The number of thioether (sulfide) groups is 1. The molecule has 0 saturated heterocycles. The fraction of sp³-hybridized carbons (Fsp3) is 0.310. The Bertz CT molecular complexity index is 1100. The molecule has 2 rings (SSSR count). The van der Waals surface area contributed by atoms with Gasteiger partial charge in [-0.05, 0) is 48.1 Å². The number of hydrogen-bond donors (Lipinski definition) is 0. The van der Waals surface area contributed by atoms with E-state index in [0.29, 0.717) is 24.4 Å². The number of hydrogen-bond acceptors (Lipinski definition) is 5. The van der Waals surface area contributed by atoms with Crippen molar-refractivity contribution >= 4 is 28.9 Å². The Morgan fingerprint density at radius 1 is 1.03 bits per heavy atom. The lowest BCUT2D eigenvalue weighted by atomic mass is 10.0. The standard InChI is InChI=1S/C29H30O4S/c1-23(30)33-29(19-18-25-13-7-6-8-14-25)27(16-9-4-5-12-20-32-3)21-26-15-10-11-17-28(26)22-34-24(2)31/h6-8,10-11,13-15,17,21,29H,4-5,12,20,22H2,1-3H3/b27-21+. The molecule has 176 valence electrons. The van der Waals surface area contributed by atoms with Gasteiger partial charge in [0.15, 0.2) is 11.2 Å². The summed E-state index contributed by atoms with van der Waals surface area (Å²) >= 11 is 1.25. The van der Waals surface area contributed by atoms with E-state index in [-0.39, 0.29) is 5.12 Å². The van der Waals surface area contributed by atoms with E-state index >= 15 is 0 Å². The number of carbonyl (C=O) groups is 2. The predicted octanol–water partition coefficient (Wildman–Crippen LogP) is 5.65. The van der Waals surface area contributed by atoms with Crippen molar-refractivity contribution in [2.45, 2.75) is 45.0 Å². The second-order valence-electron chi connectivity index (χ2n) is 7.46. The van der Waals surface area contributed by atoms with Gasteiger partial charge in [0.1, 0.15) is 0 Å². The van der Waals surface area contributed by atoms with Gasteiger partial charge in [-0.25, -0.2) is 0 Å². The largest absolute Gasteiger partial charge is 0.444 e. The molecule has 4 nitrogen and oxygen atoms in total. The number of methoxy groups -OCH3 is 1. The molecule has 0 radical (unpaired) electrons. The molecule has 0 heterocycles. The van der Waals surface area contributed by atoms with E-state index in [4.69, 9.17) is 9.47 Å². The molecule has 1 unspecified atom stereocenters. The van der Waals surface area contributed by atoms with Gasteiger partial charge in [-0.15, -0.1) is 0 Å². The van der Waals surface area contributed by atoms with Crippen molar-refractivity contribution in [1.29, 1.82) is 0 Å². The quantitative estimate of drug-likeness (QED) is 0.267. The van der Waals surface area contributed by atoms with E-state index in [1.54, 1.807) is 14.0 Å². The first-order valence-electron chi connectivity index (χ1n) is 11.1. The number of rotatable bonds is 9. The van der Waals surface area contributed by atoms with Crippen molar-refractivity contribution in [3.8, 4) is 23.7 Å². The Balaban J connectivity index is 2.44. The zero-order valence-corrected chi connectivity index (χ0v) is 20.7. The van der Waals surface area contributed by atoms with Crippen molar-refractivity contribution in [3.63, 3.8) is 0 Å². The maximum absolute atomic E-state index is 11.9. The molecule has 5 heteroatoms. The van der Waals surface area contributed by atoms with Gasteiger partial charge in [0.25, 0.3) is 0 Å². The van der Waals surface area contributed by atoms with E-state index in [1.807, 2.05) is 60.7 Å². The lowest BCUT2D eigenvalue weighted by molar-refractivity contribution is -0.142. The average molecular weight is 475 g/mol. The van der Waals surface area contributed by atoms with Gasteiger partial charge in [-0.3, -0.25) is 9.59 Å². The van der Waals surface area contributed by atoms with Crippen LogP contribution in [0.5, 0.6) is 0 Å². The summed E-state index contributed by atoms with van der Waals surface area (Å²) in [5.74, 6) is 12.7. The maximum atomic E-state index is 11.9. The Labute approximate surface area is 207 Å². The third-order valence-electron chi connectivity index (χ3n) is 4.62. The molecule has 2 aromatic rings. The molecular formula is C29H30O4S. The van der Waals surface area contributed by atoms with Crippen molar-refractivity contribution in [2.24, 2.45) is 0 Å². The summed E-state index contributed by atoms with van der Waals surface area (Å²) < 4.78 is 10.7. The highest BCUT2D eigenvalue weighted by Crippen LogP contribution is 2.21. The van der Waals surface area contributed by atoms with Crippen molar-refractivity contribution in [3.05, 3.63) is 76.9 Å². The van der Waals surface area contributed by atoms with Gasteiger partial charge in [-0.1, -0.05) is 72.0 Å². The Morgan fingerprint density at radius 3 is 2.47 bits per heavy atom. The molecule has 0 aliphatic carbocycles. The van der Waals surface area contributed by atoms with Crippen LogP contribution in [0.4, 0.5) is 0 Å². The molecular weight excluding hydrogens is 444 g/mol. The topological polar surface area (TPSA) is 52.6 Å². The van der Waals surface area contributed by atoms with E-state index < -0.39 is 12.1 Å². The fourth-order valence-corrected chi connectivity index (χ4v) is 3.58. The molecule has 2 aromatic carbocycles. The van der Waals surface area contributed by atoms with E-state index in [1.165, 1.54) is 18.7 Å². The first-order chi connectivity index (χ1) is 16.5. The van der Waals surface area contributed by atoms with Crippen LogP contribution in [0.25, 0.3) is 6.08 Å². The fourth-order valence-electron chi connectivity index (χ4n) is 2.96. The average Bonchev–Trinajstić information content (AvgIpc) is 2.83. The second-order valence-corrected chi connectivity index (χ2v) is 8.61. The number of carbonyl (C=O) groups excluding carboxylic acids is 2. The Kier molecular flexibility index (Phi) is 12.4. The monoisotopic (exact) mass is 474 g/mol. The summed E-state index contributed by atoms with van der Waals surface area (Å²) in [6.07, 6.45) is 3.63. The summed E-state index contributed by atoms with van der Waals surface area (Å²) in [5.41, 5.74) is 3.34. The van der Waals surface area contributed by atoms with Gasteiger partial charge < -0.3 is 9.47 Å². The molecule has 0 aliphatic heterocycles. The molecule has 0 N–H and O–H groups in total. The highest BCUT2D eigenvalue weighted by molar-refractivity contribution is 8.12. The molecule has 0 bridgehead atoms. The molecule has 0 amide bonds. The van der Waals surface area contributed by atoms with Crippen LogP contribution in [0, 0.1) is 23.7 Å². The number of esters is 1. The summed E-state index contributed by atoms with van der Waals surface area (Å²) in [6.45, 7) is 3.62. The maximum Gasteiger partial charge on any atom is 0.304 e. The van der Waals surface area contributed by atoms with Crippen LogP contribution in [-0.2, 0) is 24.8 Å². The molecule has 0 saturated carbocycles. The highest BCUT2D eigenvalue weighted by atomic mass is 32.2. The van der Waals surface area contributed by atoms with Gasteiger partial charge in [0.2, 0.25) is 0 Å². The van der Waals surface area contributed by atoms with Crippen LogP contribution >= 0.6 is 11.8 Å². The van der Waals surface area contributed by atoms with Gasteiger partial charge in [0.05, 0.1) is 5.57 Å². The highest BCUT2D eigenvalue weighted by Gasteiger charge is 2.15. The molecule has 0 fully saturated rings. The van der Waals surface area contributed by atoms with E-state index in [9.17, 15) is 9.59 Å². The van der Waals surface area contributed by atoms with Crippen LogP contribution in [0.2, 0.25) is 0 Å². The van der Waals surface area contributed by atoms with Crippen LogP contribution in [-0.4, -0.2) is 30.9 Å². The molecule has 0 spiro atoms. The lowest BCUT2D eigenvalue weighted by Gasteiger charge is -2.13. The minimum atomic E-state index is -0.808. The predicted molar refractivity (Wildman–Crippen MR) is 139 cm³/mol. The van der Waals surface area contributed by atoms with Gasteiger partial charge in [0, 0.05) is 45.3 Å². The number of benzene rings is 2. The van der Waals surface area contributed by atoms with E-state index in [2.05, 4.69) is 23.7 Å². The summed E-state index contributed by atoms with van der Waals surface area (Å²) in [6, 6.07) is 17.3. The third kappa shape index (κ3) is 10.6. The Morgan fingerprint density at radius 2 is 1.76 bits per heavy atom. The van der Waals surface area contributed by atoms with E-state index in [0.717, 1.165) is 29.5 Å². The normalized spacial score (nSPS) is 11.4.